The van der Waals surface area contributed by atoms with Crippen molar-refractivity contribution in [2.45, 2.75) is 0 Å². The van der Waals surface area contributed by atoms with E-state index in [4.69, 9.17) is 16.6 Å². The van der Waals surface area contributed by atoms with Gasteiger partial charge in [0.1, 0.15) is 0 Å². The van der Waals surface area contributed by atoms with E-state index in [0.29, 0.717) is 11.6 Å². The molecule has 0 bridgehead atoms. The number of benzene rings is 5. The average Bonchev–Trinajstić information content (AvgIpc) is 2.88. The Hall–Kier alpha value is -4.08. The molecule has 1 aromatic heterocycles. The van der Waals surface area contributed by atoms with Crippen molar-refractivity contribution in [1.29, 1.82) is 0 Å². The molecule has 6 rings (SSSR count). The van der Waals surface area contributed by atoms with Crippen LogP contribution in [-0.2, 0) is 0 Å². The van der Waals surface area contributed by atoms with Crippen LogP contribution >= 0.6 is 11.6 Å². The SMILES string of the molecule is Clc1nc(-c2ccc(-c3cccc4ccccc34)cc2)nc(-c2cccc3ccccc23)n1. The Morgan fingerprint density at radius 3 is 1.64 bits per heavy atom. The Balaban J connectivity index is 1.43. The largest absolute Gasteiger partial charge is 0.226 e. The maximum atomic E-state index is 6.33. The molecule has 0 N–H and O–H groups in total. The van der Waals surface area contributed by atoms with Crippen molar-refractivity contribution < 1.29 is 0 Å². The second-order valence-electron chi connectivity index (χ2n) is 7.88. The van der Waals surface area contributed by atoms with E-state index in [0.717, 1.165) is 27.5 Å². The molecule has 5 aromatic carbocycles. The van der Waals surface area contributed by atoms with Gasteiger partial charge in [-0.15, -0.1) is 0 Å². The molecule has 0 spiro atoms. The first-order valence-electron chi connectivity index (χ1n) is 10.7. The van der Waals surface area contributed by atoms with E-state index in [2.05, 4.69) is 82.8 Å². The minimum absolute atomic E-state index is 0.182. The van der Waals surface area contributed by atoms with Gasteiger partial charge in [0.05, 0.1) is 0 Å². The third kappa shape index (κ3) is 3.63. The highest BCUT2D eigenvalue weighted by Gasteiger charge is 2.12. The second kappa shape index (κ2) is 8.12. The third-order valence-corrected chi connectivity index (χ3v) is 6.05. The summed E-state index contributed by atoms with van der Waals surface area (Å²) in [6, 6.07) is 37.4. The van der Waals surface area contributed by atoms with Gasteiger partial charge in [-0.2, -0.15) is 9.97 Å². The predicted octanol–water partition coefficient (Wildman–Crippen LogP) is 7.83. The molecule has 0 saturated carbocycles. The number of rotatable bonds is 3. The van der Waals surface area contributed by atoms with Crippen LogP contribution in [0.3, 0.4) is 0 Å². The highest BCUT2D eigenvalue weighted by molar-refractivity contribution is 6.28. The van der Waals surface area contributed by atoms with Crippen molar-refractivity contribution >= 4 is 33.1 Å². The van der Waals surface area contributed by atoms with Crippen LogP contribution in [-0.4, -0.2) is 15.0 Å². The van der Waals surface area contributed by atoms with E-state index in [9.17, 15) is 0 Å². The number of fused-ring (bicyclic) bond motifs is 2. The average molecular weight is 444 g/mol. The van der Waals surface area contributed by atoms with Gasteiger partial charge in [0.25, 0.3) is 0 Å². The van der Waals surface area contributed by atoms with E-state index in [-0.39, 0.29) is 5.28 Å². The van der Waals surface area contributed by atoms with Crippen LogP contribution in [0, 0.1) is 0 Å². The van der Waals surface area contributed by atoms with Gasteiger partial charge in [-0.25, -0.2) is 4.98 Å². The normalized spacial score (nSPS) is 11.2. The van der Waals surface area contributed by atoms with Crippen molar-refractivity contribution in [3.05, 3.63) is 114 Å². The number of hydrogen-bond acceptors (Lipinski definition) is 3. The molecule has 0 aliphatic rings. The lowest BCUT2D eigenvalue weighted by molar-refractivity contribution is 1.07. The number of hydrogen-bond donors (Lipinski definition) is 0. The quantitative estimate of drug-likeness (QED) is 0.279. The lowest BCUT2D eigenvalue weighted by Crippen LogP contribution is -1.97. The van der Waals surface area contributed by atoms with E-state index >= 15 is 0 Å². The van der Waals surface area contributed by atoms with Crippen LogP contribution in [0.25, 0.3) is 55.4 Å². The zero-order valence-corrected chi connectivity index (χ0v) is 18.4. The molecule has 1 heterocycles. The zero-order chi connectivity index (χ0) is 22.2. The first kappa shape index (κ1) is 19.6. The van der Waals surface area contributed by atoms with Crippen LogP contribution in [0.2, 0.25) is 5.28 Å². The van der Waals surface area contributed by atoms with Crippen LogP contribution in [0.5, 0.6) is 0 Å². The molecule has 0 atom stereocenters. The topological polar surface area (TPSA) is 38.7 Å². The molecular weight excluding hydrogens is 426 g/mol. The van der Waals surface area contributed by atoms with Gasteiger partial charge in [-0.3, -0.25) is 0 Å². The lowest BCUT2D eigenvalue weighted by atomic mass is 9.97. The first-order valence-corrected chi connectivity index (χ1v) is 11.1. The maximum absolute atomic E-state index is 6.33. The van der Waals surface area contributed by atoms with Crippen LogP contribution in [0.1, 0.15) is 0 Å². The molecule has 0 unspecified atom stereocenters. The van der Waals surface area contributed by atoms with Crippen molar-refractivity contribution in [1.82, 2.24) is 15.0 Å². The fourth-order valence-electron chi connectivity index (χ4n) is 4.30. The number of halogens is 1. The standard InChI is InChI=1S/C29H18ClN3/c30-29-32-27(31-28(33-29)26-14-6-10-20-8-2-4-12-25(20)26)22-17-15-21(16-18-22)24-13-5-9-19-7-1-3-11-23(19)24/h1-18H. The Morgan fingerprint density at radius 1 is 0.424 bits per heavy atom. The molecule has 0 amide bonds. The van der Waals surface area contributed by atoms with E-state index in [1.54, 1.807) is 0 Å². The summed E-state index contributed by atoms with van der Waals surface area (Å²) in [7, 11) is 0. The van der Waals surface area contributed by atoms with E-state index < -0.39 is 0 Å². The van der Waals surface area contributed by atoms with Crippen molar-refractivity contribution in [3.8, 4) is 33.9 Å². The van der Waals surface area contributed by atoms with Gasteiger partial charge in [0.15, 0.2) is 11.6 Å². The molecule has 4 heteroatoms. The molecule has 0 radical (unpaired) electrons. The number of aromatic nitrogens is 3. The van der Waals surface area contributed by atoms with E-state index in [1.165, 1.54) is 16.3 Å². The summed E-state index contributed by atoms with van der Waals surface area (Å²) in [6.07, 6.45) is 0. The summed E-state index contributed by atoms with van der Waals surface area (Å²) in [5.41, 5.74) is 4.17. The Labute approximate surface area is 196 Å². The highest BCUT2D eigenvalue weighted by Crippen LogP contribution is 2.31. The van der Waals surface area contributed by atoms with Crippen molar-refractivity contribution in [2.24, 2.45) is 0 Å². The van der Waals surface area contributed by atoms with Crippen LogP contribution in [0.4, 0.5) is 0 Å². The Bertz CT molecular complexity index is 1610. The number of nitrogens with zero attached hydrogens (tertiary/aromatic N) is 3. The minimum Gasteiger partial charge on any atom is -0.208 e. The van der Waals surface area contributed by atoms with Gasteiger partial charge < -0.3 is 0 Å². The molecule has 3 nitrogen and oxygen atoms in total. The van der Waals surface area contributed by atoms with Crippen molar-refractivity contribution in [2.75, 3.05) is 0 Å². The molecule has 0 aliphatic heterocycles. The van der Waals surface area contributed by atoms with E-state index in [1.807, 2.05) is 36.4 Å². The molecule has 0 saturated heterocycles. The van der Waals surface area contributed by atoms with Gasteiger partial charge in [-0.05, 0) is 44.3 Å². The van der Waals surface area contributed by atoms with Gasteiger partial charge in [0, 0.05) is 11.1 Å². The summed E-state index contributed by atoms with van der Waals surface area (Å²) in [6.45, 7) is 0. The summed E-state index contributed by atoms with van der Waals surface area (Å²) in [4.78, 5) is 13.6. The van der Waals surface area contributed by atoms with Gasteiger partial charge in [-0.1, -0.05) is 109 Å². The van der Waals surface area contributed by atoms with Crippen molar-refractivity contribution in [3.63, 3.8) is 0 Å². The summed E-state index contributed by atoms with van der Waals surface area (Å²) in [5.74, 6) is 1.13. The molecule has 0 fully saturated rings. The maximum Gasteiger partial charge on any atom is 0.226 e. The van der Waals surface area contributed by atoms with Gasteiger partial charge >= 0.3 is 0 Å². The highest BCUT2D eigenvalue weighted by atomic mass is 35.5. The molecular formula is C29H18ClN3. The summed E-state index contributed by atoms with van der Waals surface area (Å²) >= 11 is 6.33. The molecule has 156 valence electrons. The smallest absolute Gasteiger partial charge is 0.208 e. The molecule has 33 heavy (non-hydrogen) atoms. The monoisotopic (exact) mass is 443 g/mol. The summed E-state index contributed by atoms with van der Waals surface area (Å²) < 4.78 is 0. The third-order valence-electron chi connectivity index (χ3n) is 5.88. The molecule has 0 aliphatic carbocycles. The second-order valence-corrected chi connectivity index (χ2v) is 8.22. The minimum atomic E-state index is 0.182. The van der Waals surface area contributed by atoms with Gasteiger partial charge in [0.2, 0.25) is 5.28 Å². The Morgan fingerprint density at radius 2 is 0.939 bits per heavy atom. The Kier molecular flexibility index (Phi) is 4.82. The lowest BCUT2D eigenvalue weighted by Gasteiger charge is -2.09. The zero-order valence-electron chi connectivity index (χ0n) is 17.6. The fourth-order valence-corrected chi connectivity index (χ4v) is 4.46. The fraction of sp³-hybridized carbons (Fsp3) is 0. The van der Waals surface area contributed by atoms with Crippen LogP contribution in [0.15, 0.2) is 109 Å². The first-order chi connectivity index (χ1) is 16.3. The molecule has 6 aromatic rings. The summed E-state index contributed by atoms with van der Waals surface area (Å²) in [5, 5.41) is 4.85. The predicted molar refractivity (Wildman–Crippen MR) is 136 cm³/mol. The van der Waals surface area contributed by atoms with Crippen LogP contribution < -0.4 is 0 Å².